The molecular weight excluding hydrogens is 302 g/mol. The highest BCUT2D eigenvalue weighted by atomic mass is 16.2. The van der Waals surface area contributed by atoms with E-state index in [0.29, 0.717) is 12.3 Å². The largest absolute Gasteiger partial charge is 0.337 e. The Morgan fingerprint density at radius 3 is 1.92 bits per heavy atom. The first-order valence-corrected chi connectivity index (χ1v) is 8.59. The minimum Gasteiger partial charge on any atom is -0.337 e. The number of amides is 2. The fourth-order valence-corrected chi connectivity index (χ4v) is 4.19. The lowest BCUT2D eigenvalue weighted by molar-refractivity contribution is -0.789. The molecule has 5 heteroatoms. The van der Waals surface area contributed by atoms with Crippen LogP contribution in [0, 0.1) is 5.92 Å². The van der Waals surface area contributed by atoms with E-state index in [9.17, 15) is 9.59 Å². The first-order valence-electron chi connectivity index (χ1n) is 8.59. The van der Waals surface area contributed by atoms with Gasteiger partial charge in [-0.25, -0.2) is 0 Å². The molecule has 1 aliphatic heterocycles. The molecule has 0 aliphatic carbocycles. The average molecular weight is 332 g/mol. The van der Waals surface area contributed by atoms with Crippen LogP contribution in [-0.4, -0.2) is 22.9 Å². The number of hydrogen-bond acceptors (Lipinski definition) is 2. The highest BCUT2D eigenvalue weighted by Gasteiger charge is 2.41. The lowest BCUT2D eigenvalue weighted by Gasteiger charge is -2.42. The third kappa shape index (κ3) is 5.64. The number of quaternary nitrogens is 1. The van der Waals surface area contributed by atoms with Crippen LogP contribution in [0.4, 0.5) is 11.4 Å². The van der Waals surface area contributed by atoms with Crippen molar-refractivity contribution in [3.8, 4) is 0 Å². The zero-order chi connectivity index (χ0) is 18.0. The van der Waals surface area contributed by atoms with Crippen LogP contribution < -0.4 is 16.0 Å². The van der Waals surface area contributed by atoms with Gasteiger partial charge in [-0.2, -0.15) is 0 Å². The second kappa shape index (κ2) is 6.93. The predicted octanol–water partition coefficient (Wildman–Crippen LogP) is 2.50. The Bertz CT molecular complexity index is 590. The van der Waals surface area contributed by atoms with Gasteiger partial charge in [0.1, 0.15) is 0 Å². The van der Waals surface area contributed by atoms with E-state index in [1.54, 1.807) is 12.1 Å². The summed E-state index contributed by atoms with van der Waals surface area (Å²) in [5.74, 6) is 0.352. The molecule has 0 bridgehead atoms. The summed E-state index contributed by atoms with van der Waals surface area (Å²) >= 11 is 0. The smallest absolute Gasteiger partial charge is 0.224 e. The molecule has 1 aliphatic rings. The Labute approximate surface area is 144 Å². The van der Waals surface area contributed by atoms with Crippen molar-refractivity contribution >= 4 is 23.2 Å². The summed E-state index contributed by atoms with van der Waals surface area (Å²) in [6.07, 6.45) is 2.64. The molecule has 0 unspecified atom stereocenters. The Kier molecular flexibility index (Phi) is 5.33. The summed E-state index contributed by atoms with van der Waals surface area (Å²) in [4.78, 5) is 23.4. The van der Waals surface area contributed by atoms with E-state index in [1.165, 1.54) is 6.92 Å². The van der Waals surface area contributed by atoms with Crippen LogP contribution in [0.3, 0.4) is 0 Å². The van der Waals surface area contributed by atoms with E-state index in [-0.39, 0.29) is 22.9 Å². The Balaban J connectivity index is 1.92. The van der Waals surface area contributed by atoms with E-state index in [1.807, 2.05) is 12.1 Å². The fourth-order valence-electron chi connectivity index (χ4n) is 4.19. The van der Waals surface area contributed by atoms with Gasteiger partial charge in [-0.1, -0.05) is 0 Å². The lowest BCUT2D eigenvalue weighted by Crippen LogP contribution is -3.05. The summed E-state index contributed by atoms with van der Waals surface area (Å²) < 4.78 is 0. The van der Waals surface area contributed by atoms with Gasteiger partial charge in [0.05, 0.1) is 11.1 Å². The van der Waals surface area contributed by atoms with Crippen molar-refractivity contribution in [1.29, 1.82) is 0 Å². The molecule has 0 saturated carbocycles. The van der Waals surface area contributed by atoms with Gasteiger partial charge >= 0.3 is 0 Å². The third-order valence-electron chi connectivity index (χ3n) is 4.37. The predicted molar refractivity (Wildman–Crippen MR) is 96.8 cm³/mol. The SMILES string of the molecule is CC(=O)Nc1ccc(NC(=O)CC2CC(C)(C)[NH2+]C(C)(C)C2)cc1. The number of carbonyl (C=O) groups excluding carboxylic acids is 2. The summed E-state index contributed by atoms with van der Waals surface area (Å²) in [7, 11) is 0. The van der Waals surface area contributed by atoms with E-state index in [4.69, 9.17) is 0 Å². The van der Waals surface area contributed by atoms with Gasteiger partial charge in [0.2, 0.25) is 11.8 Å². The average Bonchev–Trinajstić information content (AvgIpc) is 2.36. The van der Waals surface area contributed by atoms with Gasteiger partial charge in [0, 0.05) is 37.6 Å². The van der Waals surface area contributed by atoms with Gasteiger partial charge in [-0.05, 0) is 57.9 Å². The molecule has 0 aromatic heterocycles. The molecule has 1 heterocycles. The highest BCUT2D eigenvalue weighted by Crippen LogP contribution is 2.29. The van der Waals surface area contributed by atoms with Crippen LogP contribution in [0.15, 0.2) is 24.3 Å². The molecule has 0 spiro atoms. The van der Waals surface area contributed by atoms with Crippen molar-refractivity contribution in [2.45, 2.75) is 65.0 Å². The van der Waals surface area contributed by atoms with Crippen molar-refractivity contribution in [2.75, 3.05) is 10.6 Å². The molecule has 5 nitrogen and oxygen atoms in total. The first kappa shape index (κ1) is 18.5. The van der Waals surface area contributed by atoms with Crippen molar-refractivity contribution < 1.29 is 14.9 Å². The van der Waals surface area contributed by atoms with Crippen LogP contribution in [0.25, 0.3) is 0 Å². The second-order valence-electron chi connectivity index (χ2n) is 8.41. The van der Waals surface area contributed by atoms with Crippen LogP contribution >= 0.6 is 0 Å². The van der Waals surface area contributed by atoms with Gasteiger partial charge in [0.25, 0.3) is 0 Å². The Hall–Kier alpha value is -1.88. The minimum absolute atomic E-state index is 0.0563. The molecule has 1 aromatic carbocycles. The van der Waals surface area contributed by atoms with Crippen molar-refractivity contribution in [1.82, 2.24) is 0 Å². The van der Waals surface area contributed by atoms with Crippen molar-refractivity contribution in [3.63, 3.8) is 0 Å². The van der Waals surface area contributed by atoms with Gasteiger partial charge in [-0.3, -0.25) is 9.59 Å². The van der Waals surface area contributed by atoms with Crippen LogP contribution in [0.5, 0.6) is 0 Å². The molecule has 0 atom stereocenters. The minimum atomic E-state index is -0.105. The molecule has 24 heavy (non-hydrogen) atoms. The van der Waals surface area contributed by atoms with Gasteiger partial charge < -0.3 is 16.0 Å². The molecular formula is C19H30N3O2+. The summed E-state index contributed by atoms with van der Waals surface area (Å²) in [6, 6.07) is 7.20. The van der Waals surface area contributed by atoms with E-state index in [2.05, 4.69) is 43.6 Å². The normalized spacial score (nSPS) is 19.5. The second-order valence-corrected chi connectivity index (χ2v) is 8.41. The molecule has 132 valence electrons. The topological polar surface area (TPSA) is 74.8 Å². The van der Waals surface area contributed by atoms with Gasteiger partial charge in [0.15, 0.2) is 0 Å². The zero-order valence-electron chi connectivity index (χ0n) is 15.4. The van der Waals surface area contributed by atoms with E-state index in [0.717, 1.165) is 24.2 Å². The molecule has 2 amide bonds. The standard InChI is InChI=1S/C19H29N3O2/c1-13(23)20-15-6-8-16(9-7-15)21-17(24)10-14-11-18(2,3)22-19(4,5)12-14/h6-9,14,22H,10-12H2,1-5H3,(H,20,23)(H,21,24)/p+1. The Morgan fingerprint density at radius 2 is 1.46 bits per heavy atom. The first-order chi connectivity index (χ1) is 11.0. The molecule has 4 N–H and O–H groups in total. The summed E-state index contributed by atoms with van der Waals surface area (Å²) in [5.41, 5.74) is 1.83. The highest BCUT2D eigenvalue weighted by molar-refractivity contribution is 5.92. The number of nitrogens with one attached hydrogen (secondary N) is 2. The summed E-state index contributed by atoms with van der Waals surface area (Å²) in [5, 5.41) is 8.10. The number of carbonyl (C=O) groups is 2. The van der Waals surface area contributed by atoms with Crippen LogP contribution in [-0.2, 0) is 9.59 Å². The maximum absolute atomic E-state index is 12.4. The molecule has 1 saturated heterocycles. The zero-order valence-corrected chi connectivity index (χ0v) is 15.4. The Morgan fingerprint density at radius 1 is 1.00 bits per heavy atom. The third-order valence-corrected chi connectivity index (χ3v) is 4.37. The van der Waals surface area contributed by atoms with Crippen molar-refractivity contribution in [2.24, 2.45) is 5.92 Å². The van der Waals surface area contributed by atoms with Crippen LogP contribution in [0.2, 0.25) is 0 Å². The molecule has 1 aromatic rings. The number of rotatable bonds is 4. The maximum Gasteiger partial charge on any atom is 0.224 e. The fraction of sp³-hybridized carbons (Fsp3) is 0.579. The lowest BCUT2D eigenvalue weighted by atomic mass is 9.74. The van der Waals surface area contributed by atoms with E-state index < -0.39 is 0 Å². The maximum atomic E-state index is 12.4. The molecule has 1 fully saturated rings. The monoisotopic (exact) mass is 332 g/mol. The number of anilines is 2. The van der Waals surface area contributed by atoms with Gasteiger partial charge in [-0.15, -0.1) is 0 Å². The summed E-state index contributed by atoms with van der Waals surface area (Å²) in [6.45, 7) is 10.5. The van der Waals surface area contributed by atoms with Crippen molar-refractivity contribution in [3.05, 3.63) is 24.3 Å². The van der Waals surface area contributed by atoms with E-state index >= 15 is 0 Å². The molecule has 2 rings (SSSR count). The number of piperidine rings is 1. The number of nitrogens with two attached hydrogens (primary N) is 1. The quantitative estimate of drug-likeness (QED) is 0.792. The molecule has 0 radical (unpaired) electrons. The number of benzene rings is 1. The van der Waals surface area contributed by atoms with Crippen LogP contribution in [0.1, 0.15) is 53.9 Å². The number of hydrogen-bond donors (Lipinski definition) is 3.